The Balaban J connectivity index is 0.000000228. The maximum atomic E-state index is 10.0. The first-order valence-electron chi connectivity index (χ1n) is 26.1. The van der Waals surface area contributed by atoms with Crippen molar-refractivity contribution >= 4 is 70.7 Å². The van der Waals surface area contributed by atoms with Crippen molar-refractivity contribution in [3.05, 3.63) is 285 Å². The van der Waals surface area contributed by atoms with Crippen molar-refractivity contribution < 1.29 is 30.0 Å². The average molecular weight is 1200 g/mol. The molecule has 14 aromatic rings. The zero-order chi connectivity index (χ0) is 53.0. The van der Waals surface area contributed by atoms with E-state index in [1.807, 2.05) is 48.7 Å². The number of hydrogen-bond acceptors (Lipinski definition) is 4. The predicted octanol–water partition coefficient (Wildman–Crippen LogP) is 19.0. The molecule has 0 unspecified atom stereocenters. The molecule has 2 aromatic heterocycles. The zero-order valence-corrected chi connectivity index (χ0v) is 45.9. The molecule has 1 N–H and O–H groups in total. The maximum Gasteiger partial charge on any atom is 0.155 e. The predicted molar refractivity (Wildman–Crippen MR) is 326 cm³/mol. The smallest absolute Gasteiger partial charge is 0.155 e. The molecule has 0 amide bonds. The molecule has 0 aliphatic rings. The first-order chi connectivity index (χ1) is 38.3. The van der Waals surface area contributed by atoms with Crippen LogP contribution in [0, 0.1) is 6.07 Å². The van der Waals surface area contributed by atoms with E-state index in [1.165, 1.54) is 102 Å². The topological polar surface area (TPSA) is 68.0 Å². The van der Waals surface area contributed by atoms with Gasteiger partial charge in [0.05, 0.1) is 16.8 Å². The van der Waals surface area contributed by atoms with Crippen molar-refractivity contribution in [3.8, 4) is 61.7 Å². The number of carbonyl (C=O) groups is 1. The third kappa shape index (κ3) is 10.6. The standard InChI is InChI=1S/C53H34N2.C15H10N.C5H8O2.Ir/c1-2-16-44(17-3-1)55-50-21-11-10-20-49(50)54-53(55)38-26-22-37(23-27-38)41-30-31-47-48(34-41)52(43-29-25-36-13-5-7-15-40(36)33-43)46-19-9-8-18-45(46)51(47)42-28-24-35-12-4-6-14-39(35)32-42;1-2-7-13(8-3-1)15-14-9-5-4-6-12(14)10-11-16-15;1-4(6)3-5(2)7;/h1-34H;1-7,9-11H;3,6H,1-2H3;/q;-1;;. The van der Waals surface area contributed by atoms with E-state index < -0.39 is 0 Å². The Bertz CT molecular complexity index is 4540. The molecule has 0 bridgehead atoms. The molecule has 0 saturated carbocycles. The fourth-order valence-electron chi connectivity index (χ4n) is 10.7. The van der Waals surface area contributed by atoms with Gasteiger partial charge >= 0.3 is 0 Å². The summed E-state index contributed by atoms with van der Waals surface area (Å²) in [5, 5.41) is 20.7. The summed E-state index contributed by atoms with van der Waals surface area (Å²) >= 11 is 0. The van der Waals surface area contributed by atoms with Gasteiger partial charge in [0.2, 0.25) is 0 Å². The number of carbonyl (C=O) groups excluding carboxylic acids is 1. The van der Waals surface area contributed by atoms with E-state index in [4.69, 9.17) is 10.1 Å². The summed E-state index contributed by atoms with van der Waals surface area (Å²) in [5.74, 6) is 0.870. The van der Waals surface area contributed by atoms with Crippen LogP contribution in [0.5, 0.6) is 0 Å². The maximum absolute atomic E-state index is 10.0. The Morgan fingerprint density at radius 2 is 0.975 bits per heavy atom. The second-order valence-electron chi connectivity index (χ2n) is 19.4. The number of aliphatic hydroxyl groups is 1. The van der Waals surface area contributed by atoms with Crippen molar-refractivity contribution in [1.29, 1.82) is 0 Å². The van der Waals surface area contributed by atoms with Gasteiger partial charge in [-0.15, -0.1) is 35.9 Å². The first kappa shape index (κ1) is 51.5. The number of ketones is 1. The van der Waals surface area contributed by atoms with Crippen LogP contribution in [-0.2, 0) is 24.9 Å². The van der Waals surface area contributed by atoms with E-state index in [0.29, 0.717) is 0 Å². The average Bonchev–Trinajstić information content (AvgIpc) is 3.99. The van der Waals surface area contributed by atoms with E-state index in [0.717, 1.165) is 44.9 Å². The van der Waals surface area contributed by atoms with Crippen LogP contribution in [0.25, 0.3) is 127 Å². The molecule has 0 atom stereocenters. The Morgan fingerprint density at radius 3 is 1.59 bits per heavy atom. The number of benzene rings is 12. The summed E-state index contributed by atoms with van der Waals surface area (Å²) in [6, 6.07) is 96.3. The fraction of sp³-hybridized carbons (Fsp3) is 0.0274. The van der Waals surface area contributed by atoms with Gasteiger partial charge in [0.25, 0.3) is 0 Å². The third-order valence-corrected chi connectivity index (χ3v) is 14.2. The number of para-hydroxylation sites is 3. The second kappa shape index (κ2) is 22.9. The van der Waals surface area contributed by atoms with E-state index in [2.05, 4.69) is 234 Å². The van der Waals surface area contributed by atoms with Gasteiger partial charge < -0.3 is 10.1 Å². The third-order valence-electron chi connectivity index (χ3n) is 14.2. The van der Waals surface area contributed by atoms with E-state index in [-0.39, 0.29) is 31.6 Å². The van der Waals surface area contributed by atoms with Crippen molar-refractivity contribution in [2.24, 2.45) is 0 Å². The van der Waals surface area contributed by atoms with Gasteiger partial charge in [-0.25, -0.2) is 4.98 Å². The van der Waals surface area contributed by atoms with Gasteiger partial charge in [0.15, 0.2) is 5.78 Å². The Labute approximate surface area is 472 Å². The van der Waals surface area contributed by atoms with Crippen molar-refractivity contribution in [3.63, 3.8) is 0 Å². The number of fused-ring (bicyclic) bond motifs is 6. The number of allylic oxidation sites excluding steroid dienone is 2. The van der Waals surface area contributed by atoms with Crippen LogP contribution in [0.1, 0.15) is 13.8 Å². The van der Waals surface area contributed by atoms with Crippen LogP contribution < -0.4 is 0 Å². The summed E-state index contributed by atoms with van der Waals surface area (Å²) in [6.07, 6.45) is 3.01. The molecule has 0 aliphatic carbocycles. The van der Waals surface area contributed by atoms with E-state index >= 15 is 0 Å². The molecule has 381 valence electrons. The van der Waals surface area contributed by atoms with Gasteiger partial charge in [0.1, 0.15) is 5.82 Å². The van der Waals surface area contributed by atoms with Crippen molar-refractivity contribution in [2.75, 3.05) is 0 Å². The molecule has 12 aromatic carbocycles. The number of nitrogens with zero attached hydrogens (tertiary/aromatic N) is 3. The molecule has 2 heterocycles. The molecular weight excluding hydrogens is 1140 g/mol. The Morgan fingerprint density at radius 1 is 0.456 bits per heavy atom. The molecule has 0 spiro atoms. The largest absolute Gasteiger partial charge is 0.512 e. The molecular formula is C73H52IrN3O2-. The zero-order valence-electron chi connectivity index (χ0n) is 43.5. The number of rotatable bonds is 7. The molecule has 5 nitrogen and oxygen atoms in total. The minimum absolute atomic E-state index is 0. The number of aliphatic hydroxyl groups excluding tert-OH is 1. The van der Waals surface area contributed by atoms with Gasteiger partial charge in [-0.05, 0) is 155 Å². The number of hydrogen-bond donors (Lipinski definition) is 1. The van der Waals surface area contributed by atoms with Gasteiger partial charge in [-0.2, -0.15) is 0 Å². The summed E-state index contributed by atoms with van der Waals surface area (Å²) < 4.78 is 2.26. The first-order valence-corrected chi connectivity index (χ1v) is 26.1. The number of aromatic nitrogens is 3. The molecule has 0 fully saturated rings. The number of imidazole rings is 1. The Hall–Kier alpha value is -9.58. The Kier molecular flexibility index (Phi) is 15.0. The van der Waals surface area contributed by atoms with Crippen LogP contribution in [0.15, 0.2) is 279 Å². The molecule has 1 radical (unpaired) electrons. The van der Waals surface area contributed by atoms with Crippen LogP contribution in [-0.4, -0.2) is 25.4 Å². The van der Waals surface area contributed by atoms with Crippen LogP contribution in [0.2, 0.25) is 0 Å². The van der Waals surface area contributed by atoms with Crippen LogP contribution in [0.3, 0.4) is 0 Å². The second-order valence-corrected chi connectivity index (χ2v) is 19.4. The molecule has 0 aliphatic heterocycles. The van der Waals surface area contributed by atoms with Crippen LogP contribution >= 0.6 is 0 Å². The molecule has 14 rings (SSSR count). The van der Waals surface area contributed by atoms with Crippen molar-refractivity contribution in [1.82, 2.24) is 14.5 Å². The molecule has 0 saturated heterocycles. The van der Waals surface area contributed by atoms with Crippen molar-refractivity contribution in [2.45, 2.75) is 13.8 Å². The molecule has 6 heteroatoms. The summed E-state index contributed by atoms with van der Waals surface area (Å²) in [7, 11) is 0. The minimum atomic E-state index is -0.125. The summed E-state index contributed by atoms with van der Waals surface area (Å²) in [5.41, 5.74) is 13.6. The van der Waals surface area contributed by atoms with Crippen LogP contribution in [0.4, 0.5) is 0 Å². The fourth-order valence-corrected chi connectivity index (χ4v) is 10.7. The summed E-state index contributed by atoms with van der Waals surface area (Å²) in [4.78, 5) is 19.6. The van der Waals surface area contributed by atoms with Gasteiger partial charge in [0, 0.05) is 43.6 Å². The summed E-state index contributed by atoms with van der Waals surface area (Å²) in [6.45, 7) is 2.85. The normalized spacial score (nSPS) is 11.2. The minimum Gasteiger partial charge on any atom is -0.512 e. The van der Waals surface area contributed by atoms with Gasteiger partial charge in [-0.3, -0.25) is 9.36 Å². The van der Waals surface area contributed by atoms with Gasteiger partial charge in [-0.1, -0.05) is 188 Å². The van der Waals surface area contributed by atoms with E-state index in [1.54, 1.807) is 0 Å². The monoisotopic (exact) mass is 1200 g/mol. The molecule has 79 heavy (non-hydrogen) atoms. The van der Waals surface area contributed by atoms with E-state index in [9.17, 15) is 4.79 Å². The SMILES string of the molecule is CC(=O)C=C(C)O.[Ir].[c-]1ccccc1-c1nccc2ccccc12.c1ccc(-n2c(-c3ccc(-c4ccc5c(-c6ccc7ccccc7c6)c6ccccc6c(-c6ccc7ccccc7c6)c5c4)cc3)nc3ccccc32)cc1. The number of pyridine rings is 1. The quantitative estimate of drug-likeness (QED) is 0.0747.